The molecule has 0 aromatic heterocycles. The highest BCUT2D eigenvalue weighted by molar-refractivity contribution is 9.10. The van der Waals surface area contributed by atoms with E-state index in [0.717, 1.165) is 0 Å². The molecular weight excluding hydrogens is 365 g/mol. The van der Waals surface area contributed by atoms with Crippen molar-refractivity contribution in [3.63, 3.8) is 0 Å². The predicted molar refractivity (Wildman–Crippen MR) is 87.7 cm³/mol. The molecule has 0 amide bonds. The largest absolute Gasteiger partial charge is 0.496 e. The number of methoxy groups -OCH3 is 1. The first-order chi connectivity index (χ1) is 11.1. The maximum atomic E-state index is 13.3. The second-order valence-electron chi connectivity index (χ2n) is 4.71. The van der Waals surface area contributed by atoms with Crippen LogP contribution in [0.25, 0.3) is 6.08 Å². The van der Waals surface area contributed by atoms with E-state index in [2.05, 4.69) is 20.9 Å². The standard InChI is InChI=1S/C17H11BrFNO3/c1-22-15-5-3-2-4-11(15)16-20-14(17(21)23-16)9-10-6-7-13(19)12(18)8-10/h2-9H,1H3/b14-9-. The first kappa shape index (κ1) is 15.4. The molecule has 0 bridgehead atoms. The van der Waals surface area contributed by atoms with Crippen LogP contribution in [0.15, 0.2) is 57.6 Å². The Bertz CT molecular complexity index is 845. The third-order valence-corrected chi connectivity index (χ3v) is 3.81. The normalized spacial score (nSPS) is 15.5. The molecule has 4 nitrogen and oxygen atoms in total. The van der Waals surface area contributed by atoms with Crippen molar-refractivity contribution in [2.75, 3.05) is 7.11 Å². The van der Waals surface area contributed by atoms with Gasteiger partial charge < -0.3 is 9.47 Å². The fourth-order valence-electron chi connectivity index (χ4n) is 2.11. The predicted octanol–water partition coefficient (Wildman–Crippen LogP) is 3.94. The number of aliphatic imine (C=N–C) groups is 1. The molecule has 2 aromatic carbocycles. The van der Waals surface area contributed by atoms with E-state index in [1.54, 1.807) is 30.3 Å². The third-order valence-electron chi connectivity index (χ3n) is 3.20. The third kappa shape index (κ3) is 3.17. The summed E-state index contributed by atoms with van der Waals surface area (Å²) in [5.74, 6) is -0.199. The number of cyclic esters (lactones) is 1. The number of nitrogens with zero attached hydrogens (tertiary/aromatic N) is 1. The molecule has 0 radical (unpaired) electrons. The Hall–Kier alpha value is -2.47. The first-order valence-electron chi connectivity index (χ1n) is 6.69. The molecule has 23 heavy (non-hydrogen) atoms. The molecule has 1 heterocycles. The van der Waals surface area contributed by atoms with Gasteiger partial charge in [-0.2, -0.15) is 0 Å². The van der Waals surface area contributed by atoms with Crippen molar-refractivity contribution in [3.8, 4) is 5.75 Å². The minimum atomic E-state index is -0.564. The number of halogens is 2. The van der Waals surface area contributed by atoms with Gasteiger partial charge in [-0.3, -0.25) is 0 Å². The number of benzene rings is 2. The van der Waals surface area contributed by atoms with Gasteiger partial charge in [0.25, 0.3) is 0 Å². The van der Waals surface area contributed by atoms with Crippen molar-refractivity contribution >= 4 is 33.9 Å². The molecule has 0 saturated heterocycles. The number of ether oxygens (including phenoxy) is 2. The van der Waals surface area contributed by atoms with E-state index >= 15 is 0 Å². The fraction of sp³-hybridized carbons (Fsp3) is 0.0588. The Labute approximate surface area is 140 Å². The van der Waals surface area contributed by atoms with Gasteiger partial charge in [0.2, 0.25) is 5.90 Å². The molecule has 1 aliphatic rings. The Morgan fingerprint density at radius 1 is 1.26 bits per heavy atom. The molecule has 0 fully saturated rings. The molecular formula is C17H11BrFNO3. The van der Waals surface area contributed by atoms with Crippen molar-refractivity contribution in [2.24, 2.45) is 4.99 Å². The van der Waals surface area contributed by atoms with Crippen LogP contribution in [0, 0.1) is 5.82 Å². The van der Waals surface area contributed by atoms with E-state index in [9.17, 15) is 9.18 Å². The molecule has 0 N–H and O–H groups in total. The summed E-state index contributed by atoms with van der Waals surface area (Å²) < 4.78 is 24.0. The zero-order chi connectivity index (χ0) is 16.4. The van der Waals surface area contributed by atoms with E-state index < -0.39 is 5.97 Å². The van der Waals surface area contributed by atoms with Crippen LogP contribution in [0.3, 0.4) is 0 Å². The lowest BCUT2D eigenvalue weighted by molar-refractivity contribution is -0.129. The quantitative estimate of drug-likeness (QED) is 0.602. The van der Waals surface area contributed by atoms with Gasteiger partial charge in [-0.25, -0.2) is 14.2 Å². The van der Waals surface area contributed by atoms with Crippen molar-refractivity contribution in [1.82, 2.24) is 0 Å². The lowest BCUT2D eigenvalue weighted by Gasteiger charge is -2.05. The lowest BCUT2D eigenvalue weighted by atomic mass is 10.2. The Balaban J connectivity index is 1.98. The summed E-state index contributed by atoms with van der Waals surface area (Å²) in [5.41, 5.74) is 1.37. The van der Waals surface area contributed by atoms with Crippen LogP contribution in [0.2, 0.25) is 0 Å². The monoisotopic (exact) mass is 375 g/mol. The number of para-hydroxylation sites is 1. The van der Waals surface area contributed by atoms with E-state index in [-0.39, 0.29) is 17.4 Å². The minimum absolute atomic E-state index is 0.143. The molecule has 2 aromatic rings. The number of esters is 1. The fourth-order valence-corrected chi connectivity index (χ4v) is 2.50. The van der Waals surface area contributed by atoms with Crippen LogP contribution >= 0.6 is 15.9 Å². The molecule has 0 spiro atoms. The number of rotatable bonds is 3. The van der Waals surface area contributed by atoms with Crippen LogP contribution < -0.4 is 4.74 Å². The highest BCUT2D eigenvalue weighted by atomic mass is 79.9. The smallest absolute Gasteiger partial charge is 0.363 e. The van der Waals surface area contributed by atoms with Gasteiger partial charge in [0.05, 0.1) is 17.1 Å². The molecule has 0 saturated carbocycles. The maximum Gasteiger partial charge on any atom is 0.363 e. The Morgan fingerprint density at radius 3 is 2.78 bits per heavy atom. The average Bonchev–Trinajstić information content (AvgIpc) is 2.91. The summed E-state index contributed by atoms with van der Waals surface area (Å²) in [5, 5.41) is 0. The molecule has 0 atom stereocenters. The zero-order valence-corrected chi connectivity index (χ0v) is 13.6. The SMILES string of the molecule is COc1ccccc1C1=N/C(=C\c2ccc(F)c(Br)c2)C(=O)O1. The summed E-state index contributed by atoms with van der Waals surface area (Å²) in [6.45, 7) is 0. The lowest BCUT2D eigenvalue weighted by Crippen LogP contribution is -2.06. The van der Waals surface area contributed by atoms with E-state index in [1.807, 2.05) is 6.07 Å². The number of carbonyl (C=O) groups is 1. The van der Waals surface area contributed by atoms with Crippen LogP contribution in [0.4, 0.5) is 4.39 Å². The summed E-state index contributed by atoms with van der Waals surface area (Å²) >= 11 is 3.11. The molecule has 3 rings (SSSR count). The van der Waals surface area contributed by atoms with Gasteiger partial charge in [-0.1, -0.05) is 18.2 Å². The van der Waals surface area contributed by atoms with Gasteiger partial charge in [-0.05, 0) is 51.8 Å². The molecule has 116 valence electrons. The van der Waals surface area contributed by atoms with Crippen LogP contribution in [-0.4, -0.2) is 19.0 Å². The van der Waals surface area contributed by atoms with E-state index in [0.29, 0.717) is 21.3 Å². The summed E-state index contributed by atoms with van der Waals surface area (Å²) in [7, 11) is 1.53. The molecule has 0 unspecified atom stereocenters. The van der Waals surface area contributed by atoms with E-state index in [1.165, 1.54) is 19.3 Å². The van der Waals surface area contributed by atoms with Crippen molar-refractivity contribution in [1.29, 1.82) is 0 Å². The average molecular weight is 376 g/mol. The summed E-state index contributed by atoms with van der Waals surface area (Å²) in [4.78, 5) is 16.2. The second kappa shape index (κ2) is 6.34. The highest BCUT2D eigenvalue weighted by Gasteiger charge is 2.26. The number of hydrogen-bond acceptors (Lipinski definition) is 4. The number of carbonyl (C=O) groups excluding carboxylic acids is 1. The summed E-state index contributed by atoms with van der Waals surface area (Å²) in [6, 6.07) is 11.5. The van der Waals surface area contributed by atoms with Gasteiger partial charge in [0, 0.05) is 0 Å². The second-order valence-corrected chi connectivity index (χ2v) is 5.56. The van der Waals surface area contributed by atoms with Gasteiger partial charge in [0.1, 0.15) is 11.6 Å². The molecule has 1 aliphatic heterocycles. The minimum Gasteiger partial charge on any atom is -0.496 e. The van der Waals surface area contributed by atoms with Crippen LogP contribution in [-0.2, 0) is 9.53 Å². The van der Waals surface area contributed by atoms with Gasteiger partial charge in [-0.15, -0.1) is 0 Å². The maximum absolute atomic E-state index is 13.3. The topological polar surface area (TPSA) is 47.9 Å². The van der Waals surface area contributed by atoms with Gasteiger partial charge in [0.15, 0.2) is 5.70 Å². The highest BCUT2D eigenvalue weighted by Crippen LogP contribution is 2.25. The zero-order valence-electron chi connectivity index (χ0n) is 12.0. The summed E-state index contributed by atoms with van der Waals surface area (Å²) in [6.07, 6.45) is 1.54. The van der Waals surface area contributed by atoms with Gasteiger partial charge >= 0.3 is 5.97 Å². The van der Waals surface area contributed by atoms with Crippen LogP contribution in [0.5, 0.6) is 5.75 Å². The van der Waals surface area contributed by atoms with E-state index in [4.69, 9.17) is 9.47 Å². The van der Waals surface area contributed by atoms with Crippen molar-refractivity contribution < 1.29 is 18.7 Å². The molecule has 0 aliphatic carbocycles. The van der Waals surface area contributed by atoms with Crippen LogP contribution in [0.1, 0.15) is 11.1 Å². The van der Waals surface area contributed by atoms with Crippen molar-refractivity contribution in [3.05, 3.63) is 69.6 Å². The molecule has 6 heteroatoms. The number of hydrogen-bond donors (Lipinski definition) is 0. The Kier molecular flexibility index (Phi) is 4.25. The first-order valence-corrected chi connectivity index (χ1v) is 7.49. The van der Waals surface area contributed by atoms with Crippen molar-refractivity contribution in [2.45, 2.75) is 0 Å². The Morgan fingerprint density at radius 2 is 2.04 bits per heavy atom.